The molecule has 1 aliphatic heterocycles. The Labute approximate surface area is 166 Å². The highest BCUT2D eigenvalue weighted by molar-refractivity contribution is 5.79. The lowest BCUT2D eigenvalue weighted by atomic mass is 9.65. The minimum atomic E-state index is -1.09. The second-order valence-electron chi connectivity index (χ2n) is 9.11. The molecule has 3 rings (SSSR count). The molecule has 1 amide bonds. The summed E-state index contributed by atoms with van der Waals surface area (Å²) in [7, 11) is 0. The van der Waals surface area contributed by atoms with Crippen LogP contribution in [0.5, 0.6) is 0 Å². The van der Waals surface area contributed by atoms with E-state index in [1.54, 1.807) is 12.7 Å². The van der Waals surface area contributed by atoms with E-state index in [2.05, 4.69) is 36.2 Å². The van der Waals surface area contributed by atoms with E-state index in [0.29, 0.717) is 11.8 Å². The molecule has 2 aliphatic rings. The fraction of sp³-hybridized carbons (Fsp3) is 0.800. The van der Waals surface area contributed by atoms with Gasteiger partial charge in [-0.25, -0.2) is 9.37 Å². The van der Waals surface area contributed by atoms with Crippen LogP contribution in [0.15, 0.2) is 12.7 Å². The molecule has 6 atom stereocenters. The molecule has 1 N–H and O–H groups in total. The number of hydrogen-bond acceptors (Lipinski definition) is 5. The maximum atomic E-state index is 13.6. The van der Waals surface area contributed by atoms with Crippen molar-refractivity contribution in [2.24, 2.45) is 17.3 Å². The SMILES string of the molecule is CC1CC(C(C)NCC(=O)N2C[C@@H](F)C[C@H]2C#N)CC(C)(Cn2cncn2)C1. The lowest BCUT2D eigenvalue weighted by Gasteiger charge is -2.43. The van der Waals surface area contributed by atoms with Gasteiger partial charge in [0.05, 0.1) is 19.2 Å². The Bertz CT molecular complexity index is 704. The first-order chi connectivity index (χ1) is 13.3. The summed E-state index contributed by atoms with van der Waals surface area (Å²) in [5.74, 6) is 0.859. The first-order valence-corrected chi connectivity index (χ1v) is 10.2. The molecular weight excluding hydrogens is 359 g/mol. The van der Waals surface area contributed by atoms with Gasteiger partial charge in [0.25, 0.3) is 0 Å². The first kappa shape index (κ1) is 20.7. The third-order valence-electron chi connectivity index (χ3n) is 6.31. The number of carbonyl (C=O) groups is 1. The molecule has 28 heavy (non-hydrogen) atoms. The lowest BCUT2D eigenvalue weighted by Crippen LogP contribution is -2.47. The van der Waals surface area contributed by atoms with Gasteiger partial charge in [0.2, 0.25) is 5.91 Å². The van der Waals surface area contributed by atoms with E-state index in [9.17, 15) is 9.18 Å². The number of aromatic nitrogens is 3. The van der Waals surface area contributed by atoms with Gasteiger partial charge < -0.3 is 10.2 Å². The lowest BCUT2D eigenvalue weighted by molar-refractivity contribution is -0.130. The van der Waals surface area contributed by atoms with Gasteiger partial charge in [-0.1, -0.05) is 13.8 Å². The highest BCUT2D eigenvalue weighted by Crippen LogP contribution is 2.44. The average Bonchev–Trinajstić information content (AvgIpc) is 3.27. The molecule has 7 nitrogen and oxygen atoms in total. The number of rotatable bonds is 6. The Kier molecular flexibility index (Phi) is 6.33. The van der Waals surface area contributed by atoms with E-state index in [0.717, 1.165) is 25.8 Å². The van der Waals surface area contributed by atoms with Crippen LogP contribution in [0.1, 0.15) is 46.5 Å². The summed E-state index contributed by atoms with van der Waals surface area (Å²) in [6.07, 6.45) is 5.67. The number of carbonyl (C=O) groups excluding carboxylic acids is 1. The first-order valence-electron chi connectivity index (χ1n) is 10.2. The van der Waals surface area contributed by atoms with E-state index in [1.807, 2.05) is 10.8 Å². The largest absolute Gasteiger partial charge is 0.323 e. The van der Waals surface area contributed by atoms with E-state index < -0.39 is 12.2 Å². The Morgan fingerprint density at radius 1 is 1.46 bits per heavy atom. The fourth-order valence-electron chi connectivity index (χ4n) is 5.16. The number of alkyl halides is 1. The van der Waals surface area contributed by atoms with E-state index in [4.69, 9.17) is 5.26 Å². The number of nitrogens with one attached hydrogen (secondary N) is 1. The number of amides is 1. The van der Waals surface area contributed by atoms with Crippen LogP contribution < -0.4 is 5.32 Å². The summed E-state index contributed by atoms with van der Waals surface area (Å²) in [6.45, 7) is 7.73. The maximum absolute atomic E-state index is 13.6. The fourth-order valence-corrected chi connectivity index (χ4v) is 5.16. The van der Waals surface area contributed by atoms with Crippen LogP contribution in [-0.2, 0) is 11.3 Å². The number of nitrogens with zero attached hydrogens (tertiary/aromatic N) is 5. The van der Waals surface area contributed by atoms with Crippen molar-refractivity contribution < 1.29 is 9.18 Å². The smallest absolute Gasteiger partial charge is 0.237 e. The van der Waals surface area contributed by atoms with Crippen molar-refractivity contribution in [1.82, 2.24) is 25.0 Å². The summed E-state index contributed by atoms with van der Waals surface area (Å²) in [4.78, 5) is 17.9. The Hall–Kier alpha value is -2.01. The minimum Gasteiger partial charge on any atom is -0.323 e. The molecule has 1 aliphatic carbocycles. The third-order valence-corrected chi connectivity index (χ3v) is 6.31. The molecule has 154 valence electrons. The molecule has 0 spiro atoms. The van der Waals surface area contributed by atoms with Crippen LogP contribution in [0.3, 0.4) is 0 Å². The summed E-state index contributed by atoms with van der Waals surface area (Å²) in [6, 6.07) is 1.57. The number of nitriles is 1. The van der Waals surface area contributed by atoms with Crippen molar-refractivity contribution >= 4 is 5.91 Å². The molecular formula is C20H31FN6O. The van der Waals surface area contributed by atoms with Crippen molar-refractivity contribution in [1.29, 1.82) is 5.26 Å². The third kappa shape index (κ3) is 4.88. The molecule has 0 bridgehead atoms. The predicted octanol–water partition coefficient (Wildman–Crippen LogP) is 2.16. The summed E-state index contributed by atoms with van der Waals surface area (Å²) >= 11 is 0. The monoisotopic (exact) mass is 390 g/mol. The normalized spacial score (nSPS) is 34.2. The number of halogens is 1. The van der Waals surface area contributed by atoms with Gasteiger partial charge >= 0.3 is 0 Å². The van der Waals surface area contributed by atoms with E-state index in [-0.39, 0.29) is 36.9 Å². The van der Waals surface area contributed by atoms with Crippen molar-refractivity contribution in [3.05, 3.63) is 12.7 Å². The van der Waals surface area contributed by atoms with Gasteiger partial charge in [0.15, 0.2) is 0 Å². The van der Waals surface area contributed by atoms with Crippen LogP contribution in [-0.4, -0.2) is 56.9 Å². The summed E-state index contributed by atoms with van der Waals surface area (Å²) in [5.41, 5.74) is 0.137. The van der Waals surface area contributed by atoms with Gasteiger partial charge in [-0.05, 0) is 43.4 Å². The van der Waals surface area contributed by atoms with Crippen molar-refractivity contribution in [2.45, 2.75) is 71.3 Å². The molecule has 4 unspecified atom stereocenters. The van der Waals surface area contributed by atoms with Crippen molar-refractivity contribution in [2.75, 3.05) is 13.1 Å². The molecule has 0 aromatic carbocycles. The standard InChI is InChI=1S/C20H31FN6O/c1-14-4-16(7-20(3,6-14)11-26-13-23-12-25-26)15(2)24-9-19(28)27-10-17(21)5-18(27)8-22/h12-18,24H,4-7,9-11H2,1-3H3/t14?,15?,16?,17-,18-,20?/m0/s1. The maximum Gasteiger partial charge on any atom is 0.237 e. The van der Waals surface area contributed by atoms with E-state index in [1.165, 1.54) is 4.90 Å². The molecule has 1 saturated heterocycles. The molecule has 8 heteroatoms. The van der Waals surface area contributed by atoms with Crippen molar-refractivity contribution in [3.63, 3.8) is 0 Å². The molecule has 2 fully saturated rings. The van der Waals surface area contributed by atoms with Gasteiger partial charge in [0, 0.05) is 19.0 Å². The zero-order valence-electron chi connectivity index (χ0n) is 17.0. The van der Waals surface area contributed by atoms with E-state index >= 15 is 0 Å². The van der Waals surface area contributed by atoms with Gasteiger partial charge in [-0.3, -0.25) is 9.48 Å². The van der Waals surface area contributed by atoms with Crippen LogP contribution in [0, 0.1) is 28.6 Å². The number of likely N-dealkylation sites (tertiary alicyclic amines) is 1. The molecule has 1 saturated carbocycles. The molecule has 1 aromatic rings. The quantitative estimate of drug-likeness (QED) is 0.804. The van der Waals surface area contributed by atoms with Gasteiger partial charge in [-0.15, -0.1) is 0 Å². The van der Waals surface area contributed by atoms with Gasteiger partial charge in [0.1, 0.15) is 24.9 Å². The van der Waals surface area contributed by atoms with Crippen molar-refractivity contribution in [3.8, 4) is 6.07 Å². The Balaban J connectivity index is 1.55. The Morgan fingerprint density at radius 2 is 2.25 bits per heavy atom. The Morgan fingerprint density at radius 3 is 2.93 bits per heavy atom. The second-order valence-corrected chi connectivity index (χ2v) is 9.11. The van der Waals surface area contributed by atoms with Crippen LogP contribution in [0.2, 0.25) is 0 Å². The van der Waals surface area contributed by atoms with Crippen LogP contribution in [0.4, 0.5) is 4.39 Å². The minimum absolute atomic E-state index is 0.0313. The van der Waals surface area contributed by atoms with Crippen LogP contribution >= 0.6 is 0 Å². The van der Waals surface area contributed by atoms with Gasteiger partial charge in [-0.2, -0.15) is 10.4 Å². The average molecular weight is 391 g/mol. The van der Waals surface area contributed by atoms with Crippen LogP contribution in [0.25, 0.3) is 0 Å². The summed E-state index contributed by atoms with van der Waals surface area (Å²) in [5, 5.41) is 16.7. The highest BCUT2D eigenvalue weighted by atomic mass is 19.1. The summed E-state index contributed by atoms with van der Waals surface area (Å²) < 4.78 is 15.5. The molecule has 1 aromatic heterocycles. The number of hydrogen-bond donors (Lipinski definition) is 1. The predicted molar refractivity (Wildman–Crippen MR) is 103 cm³/mol. The second kappa shape index (κ2) is 8.56. The molecule has 2 heterocycles. The highest BCUT2D eigenvalue weighted by Gasteiger charge is 2.39. The zero-order chi connectivity index (χ0) is 20.3. The molecule has 0 radical (unpaired) electrons. The zero-order valence-corrected chi connectivity index (χ0v) is 17.0. The topological polar surface area (TPSA) is 86.8 Å².